The monoisotopic (exact) mass is 181 g/mol. The van der Waals surface area contributed by atoms with E-state index in [1.54, 1.807) is 0 Å². The van der Waals surface area contributed by atoms with Gasteiger partial charge < -0.3 is 5.32 Å². The van der Waals surface area contributed by atoms with E-state index < -0.39 is 0 Å². The van der Waals surface area contributed by atoms with E-state index in [1.165, 1.54) is 24.8 Å². The van der Waals surface area contributed by atoms with Crippen LogP contribution in [0.25, 0.3) is 0 Å². The molecule has 0 fully saturated rings. The predicted molar refractivity (Wildman–Crippen MR) is 61.0 cm³/mol. The first-order valence-electron chi connectivity index (χ1n) is 5.33. The molecule has 0 aliphatic rings. The summed E-state index contributed by atoms with van der Waals surface area (Å²) >= 11 is 0. The molecule has 0 saturated heterocycles. The van der Waals surface area contributed by atoms with E-state index in [4.69, 9.17) is 0 Å². The lowest BCUT2D eigenvalue weighted by Gasteiger charge is -2.04. The highest BCUT2D eigenvalue weighted by Gasteiger charge is 1.90. The van der Waals surface area contributed by atoms with Crippen molar-refractivity contribution < 1.29 is 0 Å². The normalized spacial score (nSPS) is 12.7. The van der Waals surface area contributed by atoms with Gasteiger partial charge in [0, 0.05) is 6.54 Å². The molecule has 0 aromatic carbocycles. The van der Waals surface area contributed by atoms with Crippen molar-refractivity contribution in [1.29, 1.82) is 0 Å². The van der Waals surface area contributed by atoms with E-state index in [-0.39, 0.29) is 0 Å². The molecule has 1 nitrogen and oxygen atoms in total. The molecule has 0 heterocycles. The van der Waals surface area contributed by atoms with Crippen molar-refractivity contribution in [3.05, 3.63) is 23.8 Å². The molecule has 0 aromatic heterocycles. The van der Waals surface area contributed by atoms with E-state index in [9.17, 15) is 0 Å². The molecule has 0 rings (SSSR count). The van der Waals surface area contributed by atoms with Gasteiger partial charge >= 0.3 is 0 Å². The van der Waals surface area contributed by atoms with E-state index >= 15 is 0 Å². The van der Waals surface area contributed by atoms with Crippen molar-refractivity contribution in [2.24, 2.45) is 0 Å². The Balaban J connectivity index is 3.40. The molecule has 13 heavy (non-hydrogen) atoms. The highest BCUT2D eigenvalue weighted by molar-refractivity contribution is 5.18. The van der Waals surface area contributed by atoms with Gasteiger partial charge in [0.2, 0.25) is 0 Å². The highest BCUT2D eigenvalue weighted by atomic mass is 14.8. The predicted octanol–water partition coefficient (Wildman–Crippen LogP) is 3.29. The maximum absolute atomic E-state index is 3.44. The maximum atomic E-state index is 3.44. The second-order valence-corrected chi connectivity index (χ2v) is 3.25. The maximum Gasteiger partial charge on any atom is 0.0202 e. The molecule has 0 amide bonds. The summed E-state index contributed by atoms with van der Waals surface area (Å²) in [6.07, 6.45) is 10.3. The minimum absolute atomic E-state index is 1.00. The first-order chi connectivity index (χ1) is 6.35. The van der Waals surface area contributed by atoms with Crippen LogP contribution in [0.5, 0.6) is 0 Å². The molecule has 0 spiro atoms. The Morgan fingerprint density at radius 1 is 1.23 bits per heavy atom. The number of nitrogens with one attached hydrogen (secondary N) is 1. The van der Waals surface area contributed by atoms with Gasteiger partial charge in [0.25, 0.3) is 0 Å². The van der Waals surface area contributed by atoms with Gasteiger partial charge in [0.05, 0.1) is 0 Å². The first kappa shape index (κ1) is 12.4. The molecule has 76 valence electrons. The Labute approximate surface area is 82.9 Å². The highest BCUT2D eigenvalue weighted by Crippen LogP contribution is 1.95. The van der Waals surface area contributed by atoms with Gasteiger partial charge in [-0.25, -0.2) is 0 Å². The number of hydrogen-bond acceptors (Lipinski definition) is 1. The average Bonchev–Trinajstić information content (AvgIpc) is 2.16. The van der Waals surface area contributed by atoms with Crippen molar-refractivity contribution in [1.82, 2.24) is 5.32 Å². The molecule has 1 heteroatoms. The number of hydrogen-bond donors (Lipinski definition) is 1. The van der Waals surface area contributed by atoms with Gasteiger partial charge in [-0.2, -0.15) is 0 Å². The molecular formula is C12H23N. The molecule has 0 atom stereocenters. The van der Waals surface area contributed by atoms with Crippen molar-refractivity contribution in [3.8, 4) is 0 Å². The number of rotatable bonds is 7. The van der Waals surface area contributed by atoms with Crippen molar-refractivity contribution in [3.63, 3.8) is 0 Å². The lowest BCUT2D eigenvalue weighted by Crippen LogP contribution is -2.17. The van der Waals surface area contributed by atoms with E-state index in [0.29, 0.717) is 0 Å². The zero-order chi connectivity index (χ0) is 9.94. The van der Waals surface area contributed by atoms with Crippen LogP contribution in [0.3, 0.4) is 0 Å². The Bertz CT molecular complexity index is 157. The summed E-state index contributed by atoms with van der Waals surface area (Å²) in [4.78, 5) is 0. The fraction of sp³-hybridized carbons (Fsp3) is 0.667. The molecule has 0 radical (unpaired) electrons. The van der Waals surface area contributed by atoms with Gasteiger partial charge in [-0.05, 0) is 32.4 Å². The SMILES string of the molecule is CC=CC(=CC)CNCCCCC. The van der Waals surface area contributed by atoms with Crippen LogP contribution in [0.4, 0.5) is 0 Å². The number of allylic oxidation sites excluding steroid dienone is 2. The summed E-state index contributed by atoms with van der Waals surface area (Å²) in [6.45, 7) is 8.52. The van der Waals surface area contributed by atoms with Crippen molar-refractivity contribution in [2.75, 3.05) is 13.1 Å². The third kappa shape index (κ3) is 7.79. The van der Waals surface area contributed by atoms with Crippen molar-refractivity contribution in [2.45, 2.75) is 40.0 Å². The van der Waals surface area contributed by atoms with E-state index in [1.807, 2.05) is 0 Å². The molecule has 0 aliphatic heterocycles. The second kappa shape index (κ2) is 9.53. The van der Waals surface area contributed by atoms with Crippen LogP contribution in [-0.4, -0.2) is 13.1 Å². The van der Waals surface area contributed by atoms with Crippen LogP contribution in [-0.2, 0) is 0 Å². The van der Waals surface area contributed by atoms with Crippen LogP contribution in [0.2, 0.25) is 0 Å². The Kier molecular flexibility index (Phi) is 9.12. The minimum Gasteiger partial charge on any atom is -0.313 e. The minimum atomic E-state index is 1.00. The van der Waals surface area contributed by atoms with E-state index in [0.717, 1.165) is 13.1 Å². The third-order valence-electron chi connectivity index (χ3n) is 2.04. The smallest absolute Gasteiger partial charge is 0.0202 e. The average molecular weight is 181 g/mol. The third-order valence-corrected chi connectivity index (χ3v) is 2.04. The van der Waals surface area contributed by atoms with Gasteiger partial charge in [-0.1, -0.05) is 38.0 Å². The zero-order valence-corrected chi connectivity index (χ0v) is 9.27. The Morgan fingerprint density at radius 3 is 2.54 bits per heavy atom. The lowest BCUT2D eigenvalue weighted by atomic mass is 10.2. The zero-order valence-electron chi connectivity index (χ0n) is 9.27. The first-order valence-corrected chi connectivity index (χ1v) is 5.33. The summed E-state index contributed by atoms with van der Waals surface area (Å²) in [5.41, 5.74) is 1.37. The van der Waals surface area contributed by atoms with Gasteiger partial charge in [-0.3, -0.25) is 0 Å². The fourth-order valence-corrected chi connectivity index (χ4v) is 1.20. The fourth-order valence-electron chi connectivity index (χ4n) is 1.20. The summed E-state index contributed by atoms with van der Waals surface area (Å²) in [5.74, 6) is 0. The van der Waals surface area contributed by atoms with E-state index in [2.05, 4.69) is 44.3 Å². The number of unbranched alkanes of at least 4 members (excludes halogenated alkanes) is 2. The standard InChI is InChI=1S/C12H23N/c1-4-7-8-10-13-11-12(6-3)9-5-2/h5-6,9,13H,4,7-8,10-11H2,1-3H3. The summed E-state index contributed by atoms with van der Waals surface area (Å²) < 4.78 is 0. The van der Waals surface area contributed by atoms with Gasteiger partial charge in [0.15, 0.2) is 0 Å². The molecule has 1 N–H and O–H groups in total. The van der Waals surface area contributed by atoms with Gasteiger partial charge in [-0.15, -0.1) is 0 Å². The van der Waals surface area contributed by atoms with Crippen LogP contribution < -0.4 is 5.32 Å². The molecule has 0 aliphatic carbocycles. The van der Waals surface area contributed by atoms with Crippen LogP contribution in [0.15, 0.2) is 23.8 Å². The molecule has 0 bridgehead atoms. The Hall–Kier alpha value is -0.560. The summed E-state index contributed by atoms with van der Waals surface area (Å²) in [6, 6.07) is 0. The lowest BCUT2D eigenvalue weighted by molar-refractivity contribution is 0.642. The quantitative estimate of drug-likeness (QED) is 0.469. The largest absolute Gasteiger partial charge is 0.313 e. The molecule has 0 aromatic rings. The topological polar surface area (TPSA) is 12.0 Å². The summed E-state index contributed by atoms with van der Waals surface area (Å²) in [7, 11) is 0. The molecule has 0 saturated carbocycles. The molecular weight excluding hydrogens is 158 g/mol. The summed E-state index contributed by atoms with van der Waals surface area (Å²) in [5, 5.41) is 3.44. The van der Waals surface area contributed by atoms with Crippen molar-refractivity contribution >= 4 is 0 Å². The van der Waals surface area contributed by atoms with Crippen LogP contribution in [0, 0.1) is 0 Å². The Morgan fingerprint density at radius 2 is 2.00 bits per heavy atom. The van der Waals surface area contributed by atoms with Crippen LogP contribution in [0.1, 0.15) is 40.0 Å². The second-order valence-electron chi connectivity index (χ2n) is 3.25. The van der Waals surface area contributed by atoms with Gasteiger partial charge in [0.1, 0.15) is 0 Å². The molecule has 0 unspecified atom stereocenters. The van der Waals surface area contributed by atoms with Crippen LogP contribution >= 0.6 is 0 Å².